The molecule has 0 aromatic heterocycles. The summed E-state index contributed by atoms with van der Waals surface area (Å²) in [5.41, 5.74) is -0.494. The van der Waals surface area contributed by atoms with Crippen LogP contribution in [0.1, 0.15) is 77.6 Å². The second-order valence-electron chi connectivity index (χ2n) is 8.55. The van der Waals surface area contributed by atoms with Crippen LogP contribution in [0.15, 0.2) is 0 Å². The first-order valence-electron chi connectivity index (χ1n) is 10.6. The Morgan fingerprint density at radius 3 is 2.32 bits per heavy atom. The number of imide groups is 1. The lowest BCUT2D eigenvalue weighted by Gasteiger charge is -2.41. The molecule has 4 rings (SSSR count). The van der Waals surface area contributed by atoms with E-state index in [1.54, 1.807) is 4.90 Å². The van der Waals surface area contributed by atoms with Crippen LogP contribution in [-0.2, 0) is 4.79 Å². The molecule has 3 heterocycles. The number of hydrogen-bond donors (Lipinski definition) is 0. The van der Waals surface area contributed by atoms with Gasteiger partial charge in [0.1, 0.15) is 5.54 Å². The van der Waals surface area contributed by atoms with Crippen molar-refractivity contribution in [2.75, 3.05) is 19.6 Å². The van der Waals surface area contributed by atoms with E-state index in [2.05, 4.69) is 11.8 Å². The third kappa shape index (κ3) is 2.79. The van der Waals surface area contributed by atoms with Gasteiger partial charge in [-0.05, 0) is 44.9 Å². The number of piperidine rings is 1. The third-order valence-electron chi connectivity index (χ3n) is 7.16. The zero-order valence-corrected chi connectivity index (χ0v) is 15.7. The van der Waals surface area contributed by atoms with E-state index in [1.165, 1.54) is 32.1 Å². The molecule has 1 saturated carbocycles. The molecule has 1 aliphatic carbocycles. The van der Waals surface area contributed by atoms with Gasteiger partial charge in [0.25, 0.3) is 5.91 Å². The highest BCUT2D eigenvalue weighted by Gasteiger charge is 2.60. The van der Waals surface area contributed by atoms with Crippen molar-refractivity contribution in [1.29, 1.82) is 0 Å². The molecule has 0 spiro atoms. The summed E-state index contributed by atoms with van der Waals surface area (Å²) in [6.45, 7) is 4.98. The highest BCUT2D eigenvalue weighted by atomic mass is 16.2. The van der Waals surface area contributed by atoms with Crippen LogP contribution < -0.4 is 0 Å². The lowest BCUT2D eigenvalue weighted by atomic mass is 9.89. The summed E-state index contributed by atoms with van der Waals surface area (Å²) in [7, 11) is 0. The van der Waals surface area contributed by atoms with Crippen molar-refractivity contribution in [2.24, 2.45) is 0 Å². The predicted molar refractivity (Wildman–Crippen MR) is 97.3 cm³/mol. The van der Waals surface area contributed by atoms with Crippen molar-refractivity contribution in [1.82, 2.24) is 14.7 Å². The van der Waals surface area contributed by atoms with Gasteiger partial charge >= 0.3 is 6.03 Å². The van der Waals surface area contributed by atoms with Crippen LogP contribution in [0.2, 0.25) is 0 Å². The van der Waals surface area contributed by atoms with Crippen LogP contribution in [0.5, 0.6) is 0 Å². The van der Waals surface area contributed by atoms with Crippen LogP contribution in [0.3, 0.4) is 0 Å². The summed E-state index contributed by atoms with van der Waals surface area (Å²) in [5.74, 6) is 0.118. The lowest BCUT2D eigenvalue weighted by molar-refractivity contribution is -0.135. The molecule has 0 aromatic rings. The van der Waals surface area contributed by atoms with Crippen LogP contribution in [0.4, 0.5) is 4.79 Å². The second kappa shape index (κ2) is 6.90. The molecular formula is C20H33N3O2. The fourth-order valence-corrected chi connectivity index (χ4v) is 5.88. The Hall–Kier alpha value is -1.10. The second-order valence-corrected chi connectivity index (χ2v) is 8.55. The van der Waals surface area contributed by atoms with Gasteiger partial charge in [-0.3, -0.25) is 9.69 Å². The van der Waals surface area contributed by atoms with E-state index in [4.69, 9.17) is 0 Å². The van der Waals surface area contributed by atoms with Gasteiger partial charge in [-0.25, -0.2) is 4.79 Å². The van der Waals surface area contributed by atoms with E-state index >= 15 is 0 Å². The number of hydrogen-bond acceptors (Lipinski definition) is 3. The Bertz CT molecular complexity index is 523. The highest BCUT2D eigenvalue weighted by Crippen LogP contribution is 2.42. The fraction of sp³-hybridized carbons (Fsp3) is 0.900. The number of nitrogens with zero attached hydrogens (tertiary/aromatic N) is 3. The van der Waals surface area contributed by atoms with Gasteiger partial charge in [0.15, 0.2) is 0 Å². The Labute approximate surface area is 151 Å². The number of carbonyl (C=O) groups is 2. The van der Waals surface area contributed by atoms with Gasteiger partial charge in [0.05, 0.1) is 0 Å². The molecule has 5 nitrogen and oxygen atoms in total. The number of fused-ring (bicyclic) bond motifs is 1. The summed E-state index contributed by atoms with van der Waals surface area (Å²) >= 11 is 0. The van der Waals surface area contributed by atoms with Crippen LogP contribution in [0.25, 0.3) is 0 Å². The number of urea groups is 1. The quantitative estimate of drug-likeness (QED) is 0.732. The monoisotopic (exact) mass is 347 g/mol. The molecule has 5 heteroatoms. The van der Waals surface area contributed by atoms with Crippen molar-refractivity contribution < 1.29 is 9.59 Å². The first-order valence-corrected chi connectivity index (χ1v) is 10.6. The molecule has 0 aromatic carbocycles. The largest absolute Gasteiger partial charge is 0.327 e. The highest BCUT2D eigenvalue weighted by molar-refractivity contribution is 6.07. The Balaban J connectivity index is 1.43. The van der Waals surface area contributed by atoms with E-state index in [-0.39, 0.29) is 18.0 Å². The average molecular weight is 348 g/mol. The molecule has 1 atom stereocenters. The number of likely N-dealkylation sites (tertiary alicyclic amines) is 1. The maximum atomic E-state index is 13.2. The molecule has 4 fully saturated rings. The maximum absolute atomic E-state index is 13.2. The summed E-state index contributed by atoms with van der Waals surface area (Å²) < 4.78 is 0. The standard InChI is InChI=1S/C20H33N3O2/c1-2-11-20-12-6-13-22(20)19(25)23(18(20)24)17-9-14-21(15-10-17)16-7-4-3-5-8-16/h16-17H,2-15H2,1H3/t20-/m1/s1. The summed E-state index contributed by atoms with van der Waals surface area (Å²) in [4.78, 5) is 32.4. The molecular weight excluding hydrogens is 314 g/mol. The van der Waals surface area contributed by atoms with Crippen molar-refractivity contribution >= 4 is 11.9 Å². The smallest absolute Gasteiger partial charge is 0.310 e. The fourth-order valence-electron chi connectivity index (χ4n) is 5.88. The van der Waals surface area contributed by atoms with Gasteiger partial charge < -0.3 is 9.80 Å². The maximum Gasteiger partial charge on any atom is 0.327 e. The van der Waals surface area contributed by atoms with Crippen LogP contribution in [-0.4, -0.2) is 63.9 Å². The van der Waals surface area contributed by atoms with Crippen molar-refractivity contribution in [3.05, 3.63) is 0 Å². The van der Waals surface area contributed by atoms with Crippen molar-refractivity contribution in [3.8, 4) is 0 Å². The van der Waals surface area contributed by atoms with Gasteiger partial charge in [-0.15, -0.1) is 0 Å². The molecule has 3 saturated heterocycles. The van der Waals surface area contributed by atoms with Gasteiger partial charge in [0, 0.05) is 31.7 Å². The van der Waals surface area contributed by atoms with E-state index in [0.717, 1.165) is 64.2 Å². The number of carbonyl (C=O) groups excluding carboxylic acids is 2. The Morgan fingerprint density at radius 1 is 0.920 bits per heavy atom. The molecule has 0 unspecified atom stereocenters. The third-order valence-corrected chi connectivity index (χ3v) is 7.16. The van der Waals surface area contributed by atoms with E-state index in [1.807, 2.05) is 4.90 Å². The zero-order valence-electron chi connectivity index (χ0n) is 15.7. The normalized spacial score (nSPS) is 32.7. The van der Waals surface area contributed by atoms with Crippen LogP contribution >= 0.6 is 0 Å². The molecule has 0 radical (unpaired) electrons. The molecule has 0 N–H and O–H groups in total. The van der Waals surface area contributed by atoms with Crippen molar-refractivity contribution in [2.45, 2.75) is 95.2 Å². The Morgan fingerprint density at radius 2 is 1.64 bits per heavy atom. The Kier molecular flexibility index (Phi) is 4.78. The van der Waals surface area contributed by atoms with Gasteiger partial charge in [-0.1, -0.05) is 32.6 Å². The van der Waals surface area contributed by atoms with Crippen LogP contribution in [0, 0.1) is 0 Å². The molecule has 3 amide bonds. The van der Waals surface area contributed by atoms with E-state index < -0.39 is 5.54 Å². The predicted octanol–water partition coefficient (Wildman–Crippen LogP) is 3.38. The molecule has 25 heavy (non-hydrogen) atoms. The minimum absolute atomic E-state index is 0.00654. The molecule has 3 aliphatic heterocycles. The SMILES string of the molecule is CCC[C@]12CCCN1C(=O)N(C1CCN(C3CCCCC3)CC1)C2=O. The van der Waals surface area contributed by atoms with E-state index in [9.17, 15) is 9.59 Å². The lowest BCUT2D eigenvalue weighted by Crippen LogP contribution is -2.51. The molecule has 140 valence electrons. The topological polar surface area (TPSA) is 43.9 Å². The molecule has 4 aliphatic rings. The van der Waals surface area contributed by atoms with Gasteiger partial charge in [-0.2, -0.15) is 0 Å². The number of rotatable bonds is 4. The molecule has 0 bridgehead atoms. The summed E-state index contributed by atoms with van der Waals surface area (Å²) in [6, 6.07) is 0.875. The summed E-state index contributed by atoms with van der Waals surface area (Å²) in [6.07, 6.45) is 12.3. The first kappa shape index (κ1) is 17.3. The van der Waals surface area contributed by atoms with Crippen molar-refractivity contribution in [3.63, 3.8) is 0 Å². The first-order chi connectivity index (χ1) is 12.2. The average Bonchev–Trinajstić information content (AvgIpc) is 3.15. The zero-order chi connectivity index (χ0) is 17.4. The number of amides is 3. The summed E-state index contributed by atoms with van der Waals surface area (Å²) in [5, 5.41) is 0. The van der Waals surface area contributed by atoms with E-state index in [0.29, 0.717) is 0 Å². The minimum Gasteiger partial charge on any atom is -0.310 e. The minimum atomic E-state index is -0.494. The van der Waals surface area contributed by atoms with Gasteiger partial charge in [0.2, 0.25) is 0 Å².